The molecule has 1 saturated carbocycles. The van der Waals surface area contributed by atoms with Crippen molar-refractivity contribution in [2.24, 2.45) is 32.9 Å². The van der Waals surface area contributed by atoms with Gasteiger partial charge in [0.25, 0.3) is 0 Å². The lowest BCUT2D eigenvalue weighted by molar-refractivity contribution is -0.317. The maximum Gasteiger partial charge on any atom is 0.187 e. The summed E-state index contributed by atoms with van der Waals surface area (Å²) < 4.78 is 23.2. The first-order valence-corrected chi connectivity index (χ1v) is 12.5. The fourth-order valence-corrected chi connectivity index (χ4v) is 5.17. The van der Waals surface area contributed by atoms with Crippen LogP contribution in [0.2, 0.25) is 0 Å². The first-order valence-electron chi connectivity index (χ1n) is 12.5. The van der Waals surface area contributed by atoms with Gasteiger partial charge in [-0.3, -0.25) is 0 Å². The van der Waals surface area contributed by atoms with E-state index in [1.807, 2.05) is 0 Å². The number of likely N-dealkylation sites (N-methyl/N-ethyl adjacent to an activating group) is 1. The summed E-state index contributed by atoms with van der Waals surface area (Å²) in [5.74, 6) is -1.01. The molecule has 17 N–H and O–H groups in total. The highest BCUT2D eigenvalue weighted by molar-refractivity contribution is 5.76. The summed E-state index contributed by atoms with van der Waals surface area (Å²) in [5, 5.41) is 87.0. The smallest absolute Gasteiger partial charge is 0.187 e. The number of hydrogen-bond acceptors (Lipinski definition) is 15. The van der Waals surface area contributed by atoms with E-state index in [4.69, 9.17) is 41.9 Å². The number of hydrogen-bond donors (Lipinski definition) is 13. The first-order chi connectivity index (χ1) is 18.7. The van der Waals surface area contributed by atoms with Gasteiger partial charge in [0.15, 0.2) is 24.5 Å². The molecule has 1 aliphatic carbocycles. The Bertz CT molecular complexity index is 911. The zero-order chi connectivity index (χ0) is 30.1. The average molecular weight is 584 g/mol. The Hall–Kier alpha value is -1.98. The predicted molar refractivity (Wildman–Crippen MR) is 134 cm³/mol. The summed E-state index contributed by atoms with van der Waals surface area (Å²) >= 11 is 0. The molecule has 2 heterocycles. The largest absolute Gasteiger partial charge is 0.394 e. The fraction of sp³-hybridized carbons (Fsp3) is 0.905. The second kappa shape index (κ2) is 12.9. The summed E-state index contributed by atoms with van der Waals surface area (Å²) in [6.07, 6.45) is -16.9. The Balaban J connectivity index is 1.96. The van der Waals surface area contributed by atoms with E-state index in [0.717, 1.165) is 0 Å². The van der Waals surface area contributed by atoms with E-state index in [1.165, 1.54) is 14.0 Å². The summed E-state index contributed by atoms with van der Waals surface area (Å²) in [5.41, 5.74) is 19.7. The monoisotopic (exact) mass is 583 g/mol. The molecular formula is C21H41N7O12. The lowest BCUT2D eigenvalue weighted by Crippen LogP contribution is -2.66. The van der Waals surface area contributed by atoms with Crippen LogP contribution in [0.5, 0.6) is 0 Å². The second-order valence-corrected chi connectivity index (χ2v) is 10.0. The van der Waals surface area contributed by atoms with E-state index in [2.05, 4.69) is 15.3 Å². The molecule has 40 heavy (non-hydrogen) atoms. The van der Waals surface area contributed by atoms with Gasteiger partial charge in [0.05, 0.1) is 25.4 Å². The zero-order valence-electron chi connectivity index (χ0n) is 21.9. The van der Waals surface area contributed by atoms with Crippen molar-refractivity contribution in [2.45, 2.75) is 98.2 Å². The third kappa shape index (κ3) is 6.11. The number of nitrogens with one attached hydrogen (secondary N) is 1. The Morgan fingerprint density at radius 1 is 0.825 bits per heavy atom. The number of aliphatic imine (C=N–C) groups is 2. The van der Waals surface area contributed by atoms with Gasteiger partial charge in [0.2, 0.25) is 0 Å². The predicted octanol–water partition coefficient (Wildman–Crippen LogP) is -8.37. The van der Waals surface area contributed by atoms with Crippen molar-refractivity contribution < 1.29 is 59.8 Å². The van der Waals surface area contributed by atoms with Crippen LogP contribution in [0.3, 0.4) is 0 Å². The molecule has 3 rings (SSSR count). The fourth-order valence-electron chi connectivity index (χ4n) is 5.17. The van der Waals surface area contributed by atoms with E-state index in [0.29, 0.717) is 0 Å². The summed E-state index contributed by atoms with van der Waals surface area (Å²) in [7, 11) is 1.44. The number of guanidine groups is 2. The molecule has 15 atom stereocenters. The van der Waals surface area contributed by atoms with Crippen LogP contribution in [0.4, 0.5) is 0 Å². The maximum absolute atomic E-state index is 11.3. The topological polar surface area (TPSA) is 340 Å². The van der Waals surface area contributed by atoms with Gasteiger partial charge in [0.1, 0.15) is 66.5 Å². The minimum Gasteiger partial charge on any atom is -0.394 e. The molecule has 3 aliphatic rings. The van der Waals surface area contributed by atoms with Crippen molar-refractivity contribution in [3.05, 3.63) is 0 Å². The minimum absolute atomic E-state index is 0.493. The molecule has 0 bridgehead atoms. The Kier molecular flexibility index (Phi) is 10.5. The van der Waals surface area contributed by atoms with Crippen LogP contribution in [0, 0.1) is 0 Å². The summed E-state index contributed by atoms with van der Waals surface area (Å²) in [4.78, 5) is 7.66. The van der Waals surface area contributed by atoms with Gasteiger partial charge in [-0.15, -0.1) is 0 Å². The standard InChI is InChI=1S/C21H41N7O12/c1-5-21(36,4-30)16(40-17-9(26-2)13(34)10(31)6(3-29)38-17)18(37-5)39-15-8(28-20(24)25)11(32)7(27-19(22)23)12(33)14(15)35/h5-18,26,29-36H,3-4H2,1-2H3,(H4,22,23,27)(H4,24,25,28)/t5-,6+,7+,8-,9-,10-,11+,12-,13-,14+,15+,16-,17-,18-,21+/m0/s1. The van der Waals surface area contributed by atoms with Gasteiger partial charge in [-0.05, 0) is 14.0 Å². The molecule has 0 unspecified atom stereocenters. The molecule has 0 amide bonds. The maximum atomic E-state index is 11.3. The van der Waals surface area contributed by atoms with Crippen LogP contribution >= 0.6 is 0 Å². The van der Waals surface area contributed by atoms with Crippen molar-refractivity contribution in [1.82, 2.24) is 5.32 Å². The molecule has 19 heteroatoms. The van der Waals surface area contributed by atoms with Crippen molar-refractivity contribution in [3.8, 4) is 0 Å². The lowest BCUT2D eigenvalue weighted by Gasteiger charge is -2.45. The highest BCUT2D eigenvalue weighted by atomic mass is 16.8. The zero-order valence-corrected chi connectivity index (χ0v) is 21.9. The van der Waals surface area contributed by atoms with Gasteiger partial charge in [-0.25, -0.2) is 9.98 Å². The third-order valence-corrected chi connectivity index (χ3v) is 7.49. The van der Waals surface area contributed by atoms with Crippen molar-refractivity contribution in [1.29, 1.82) is 0 Å². The minimum atomic E-state index is -2.15. The van der Waals surface area contributed by atoms with Crippen molar-refractivity contribution >= 4 is 11.9 Å². The van der Waals surface area contributed by atoms with Gasteiger partial charge >= 0.3 is 0 Å². The quantitative estimate of drug-likeness (QED) is 0.0884. The molecule has 2 aliphatic heterocycles. The molecule has 19 nitrogen and oxygen atoms in total. The first kappa shape index (κ1) is 32.5. The van der Waals surface area contributed by atoms with Gasteiger partial charge < -0.3 is 88.1 Å². The van der Waals surface area contributed by atoms with Gasteiger partial charge in [-0.2, -0.15) is 0 Å². The van der Waals surface area contributed by atoms with Crippen molar-refractivity contribution in [3.63, 3.8) is 0 Å². The second-order valence-electron chi connectivity index (χ2n) is 10.0. The van der Waals surface area contributed by atoms with E-state index in [-0.39, 0.29) is 0 Å². The highest BCUT2D eigenvalue weighted by Crippen LogP contribution is 2.39. The van der Waals surface area contributed by atoms with Gasteiger partial charge in [-0.1, -0.05) is 0 Å². The van der Waals surface area contributed by atoms with E-state index in [9.17, 15) is 40.9 Å². The SMILES string of the molecule is CN[C@@H]1[C@H](O[C@H]2[C@H](O[C@H]3[C@H](O)[C@@H](O)[C@H](N=C(N)N)[C@@H](O)[C@@H]3N=C(N)N)O[C@@H](C)[C@]2(O)CO)O[C@H](CO)[C@H](O)[C@H]1O. The number of rotatable bonds is 9. The van der Waals surface area contributed by atoms with E-state index in [1.54, 1.807) is 0 Å². The summed E-state index contributed by atoms with van der Waals surface area (Å²) in [6, 6.07) is -4.00. The molecule has 0 radical (unpaired) electrons. The van der Waals surface area contributed by atoms with Crippen LogP contribution in [0.15, 0.2) is 9.98 Å². The van der Waals surface area contributed by atoms with Gasteiger partial charge in [0, 0.05) is 0 Å². The van der Waals surface area contributed by atoms with Crippen LogP contribution in [0.25, 0.3) is 0 Å². The molecular weight excluding hydrogens is 542 g/mol. The number of nitrogens with zero attached hydrogens (tertiary/aromatic N) is 2. The summed E-state index contributed by atoms with van der Waals surface area (Å²) in [6.45, 7) is -0.199. The van der Waals surface area contributed by atoms with E-state index < -0.39 is 116 Å². The molecule has 0 aromatic carbocycles. The Morgan fingerprint density at radius 2 is 1.43 bits per heavy atom. The average Bonchev–Trinajstić information content (AvgIpc) is 3.13. The Morgan fingerprint density at radius 3 is 1.95 bits per heavy atom. The number of nitrogens with two attached hydrogens (primary N) is 4. The van der Waals surface area contributed by atoms with Crippen LogP contribution in [-0.2, 0) is 18.9 Å². The van der Waals surface area contributed by atoms with E-state index >= 15 is 0 Å². The van der Waals surface area contributed by atoms with Crippen molar-refractivity contribution in [2.75, 3.05) is 20.3 Å². The third-order valence-electron chi connectivity index (χ3n) is 7.49. The number of ether oxygens (including phenoxy) is 4. The number of aliphatic hydroxyl groups excluding tert-OH is 7. The number of aliphatic hydroxyl groups is 8. The normalized spacial score (nSPS) is 47.5. The molecule has 0 aromatic rings. The van der Waals surface area contributed by atoms with Crippen LogP contribution in [-0.4, -0.2) is 164 Å². The molecule has 2 saturated heterocycles. The lowest BCUT2D eigenvalue weighted by atomic mass is 9.81. The van der Waals surface area contributed by atoms with Crippen LogP contribution in [0.1, 0.15) is 6.92 Å². The molecule has 0 aromatic heterocycles. The highest BCUT2D eigenvalue weighted by Gasteiger charge is 2.60. The van der Waals surface area contributed by atoms with Crippen LogP contribution < -0.4 is 28.3 Å². The molecule has 3 fully saturated rings. The Labute approximate surface area is 229 Å². The molecule has 0 spiro atoms. The molecule has 232 valence electrons.